The molecule has 2 rings (SSSR count). The Hall–Kier alpha value is -6.65. The number of nitrogens with two attached hydrogens (primary N) is 6. The monoisotopic (exact) mass is 1190 g/mol. The van der Waals surface area contributed by atoms with Crippen molar-refractivity contribution >= 4 is 64.8 Å². The maximum atomic E-state index is 14.5. The molecule has 1 fully saturated rings. The predicted molar refractivity (Wildman–Crippen MR) is 317 cm³/mol. The minimum Gasteiger partial charge on any atom is -0.393 e. The fourth-order valence-corrected chi connectivity index (χ4v) is 9.53. The Morgan fingerprint density at radius 1 is 0.667 bits per heavy atom. The molecule has 27 heteroatoms. The average Bonchev–Trinajstić information content (AvgIpc) is 3.55. The number of nitrogens with zero attached hydrogens (tertiary/aromatic N) is 1. The quantitative estimate of drug-likeness (QED) is 0.0204. The minimum absolute atomic E-state index is 0.0133. The van der Waals surface area contributed by atoms with Gasteiger partial charge in [0.25, 0.3) is 0 Å². The summed E-state index contributed by atoms with van der Waals surface area (Å²) in [5.41, 5.74) is 35.3. The summed E-state index contributed by atoms with van der Waals surface area (Å²) in [5, 5.41) is 43.0. The molecule has 22 N–H and O–H groups in total. The summed E-state index contributed by atoms with van der Waals surface area (Å²) in [5.74, 6) is -10.5. The largest absolute Gasteiger partial charge is 0.393 e. The fraction of sp³-hybridized carbons (Fsp3) is 0.702. The van der Waals surface area contributed by atoms with E-state index in [1.54, 1.807) is 44.2 Å². The number of amides is 8. The number of ketones is 2. The number of carbonyl (C=O) groups is 10. The Bertz CT molecular complexity index is 2270. The molecule has 1 aliphatic rings. The highest BCUT2D eigenvalue weighted by molar-refractivity contribution is 5.98. The number of hydrogen-bond donors (Lipinski definition) is 16. The smallest absolute Gasteiger partial charge is 0.243 e. The van der Waals surface area contributed by atoms with Crippen LogP contribution in [0.4, 0.5) is 0 Å². The van der Waals surface area contributed by atoms with Crippen LogP contribution in [0.15, 0.2) is 35.3 Å². The van der Waals surface area contributed by atoms with E-state index in [9.17, 15) is 58.2 Å². The van der Waals surface area contributed by atoms with Gasteiger partial charge in [0, 0.05) is 51.2 Å². The third-order valence-electron chi connectivity index (χ3n) is 14.3. The maximum absolute atomic E-state index is 14.5. The second-order valence-corrected chi connectivity index (χ2v) is 22.2. The number of carbonyl (C=O) groups excluding carboxylic acids is 10. The molecule has 0 saturated carbocycles. The maximum Gasteiger partial charge on any atom is 0.243 e. The van der Waals surface area contributed by atoms with Crippen LogP contribution in [0.3, 0.4) is 0 Å². The highest BCUT2D eigenvalue weighted by Crippen LogP contribution is 2.18. The Morgan fingerprint density at radius 3 is 1.85 bits per heavy atom. The number of guanidine groups is 1. The van der Waals surface area contributed by atoms with Gasteiger partial charge in [-0.15, -0.1) is 0 Å². The van der Waals surface area contributed by atoms with Gasteiger partial charge in [-0.2, -0.15) is 0 Å². The van der Waals surface area contributed by atoms with Crippen LogP contribution >= 0.6 is 0 Å². The molecule has 1 saturated heterocycles. The summed E-state index contributed by atoms with van der Waals surface area (Å²) in [6.07, 6.45) is 1.13. The van der Waals surface area contributed by atoms with Gasteiger partial charge >= 0.3 is 0 Å². The van der Waals surface area contributed by atoms with Gasteiger partial charge in [-0.1, -0.05) is 83.2 Å². The van der Waals surface area contributed by atoms with Crippen LogP contribution < -0.4 is 76.9 Å². The molecular formula is C57H99N15O12. The second kappa shape index (κ2) is 40.6. The molecule has 474 valence electrons. The summed E-state index contributed by atoms with van der Waals surface area (Å²) in [4.78, 5) is 145. The van der Waals surface area contributed by atoms with Crippen LogP contribution in [-0.4, -0.2) is 169 Å². The van der Waals surface area contributed by atoms with Crippen molar-refractivity contribution in [1.29, 1.82) is 0 Å². The lowest BCUT2D eigenvalue weighted by atomic mass is 9.92. The van der Waals surface area contributed by atoms with Crippen LogP contribution in [0.2, 0.25) is 0 Å². The first-order chi connectivity index (χ1) is 39.9. The van der Waals surface area contributed by atoms with E-state index in [4.69, 9.17) is 34.4 Å². The van der Waals surface area contributed by atoms with Crippen molar-refractivity contribution in [3.8, 4) is 0 Å². The van der Waals surface area contributed by atoms with Crippen molar-refractivity contribution < 1.29 is 58.2 Å². The Balaban J connectivity index is 2.72. The first kappa shape index (κ1) is 73.5. The van der Waals surface area contributed by atoms with E-state index in [1.165, 1.54) is 6.92 Å². The minimum atomic E-state index is -1.52. The molecule has 27 nitrogen and oxygen atoms in total. The van der Waals surface area contributed by atoms with Gasteiger partial charge in [-0.05, 0) is 95.8 Å². The van der Waals surface area contributed by atoms with Crippen molar-refractivity contribution in [2.24, 2.45) is 57.1 Å². The molecule has 1 aliphatic heterocycles. The Labute approximate surface area is 494 Å². The van der Waals surface area contributed by atoms with Gasteiger partial charge in [0.15, 0.2) is 11.7 Å². The summed E-state index contributed by atoms with van der Waals surface area (Å²) in [6.45, 7) is 6.26. The third kappa shape index (κ3) is 28.8. The highest BCUT2D eigenvalue weighted by atomic mass is 16.3. The molecule has 0 unspecified atom stereocenters. The molecule has 0 aliphatic carbocycles. The van der Waals surface area contributed by atoms with Crippen LogP contribution in [-0.2, 0) is 54.4 Å². The third-order valence-corrected chi connectivity index (χ3v) is 14.3. The predicted octanol–water partition coefficient (Wildman–Crippen LogP) is -2.72. The van der Waals surface area contributed by atoms with Crippen molar-refractivity contribution in [2.75, 3.05) is 39.3 Å². The zero-order valence-corrected chi connectivity index (χ0v) is 49.7. The van der Waals surface area contributed by atoms with Crippen molar-refractivity contribution in [3.63, 3.8) is 0 Å². The summed E-state index contributed by atoms with van der Waals surface area (Å²) < 4.78 is 0. The lowest BCUT2D eigenvalue weighted by Gasteiger charge is -2.28. The lowest BCUT2D eigenvalue weighted by Crippen LogP contribution is -2.60. The summed E-state index contributed by atoms with van der Waals surface area (Å²) in [7, 11) is 0. The van der Waals surface area contributed by atoms with Gasteiger partial charge < -0.3 is 87.1 Å². The molecule has 0 bridgehead atoms. The van der Waals surface area contributed by atoms with E-state index in [0.717, 1.165) is 32.1 Å². The number of aliphatic hydroxyl groups is 2. The number of aliphatic hydroxyl groups excluding tert-OH is 2. The average molecular weight is 1190 g/mol. The topological polar surface area (TPSA) is 476 Å². The first-order valence-electron chi connectivity index (χ1n) is 29.7. The van der Waals surface area contributed by atoms with Crippen LogP contribution in [0.5, 0.6) is 0 Å². The number of hydrogen-bond acceptors (Lipinski definition) is 17. The zero-order chi connectivity index (χ0) is 62.7. The van der Waals surface area contributed by atoms with E-state index >= 15 is 0 Å². The number of Topliss-reactive ketones (excluding diaryl/α,β-unsaturated/α-hetero) is 2. The zero-order valence-electron chi connectivity index (χ0n) is 49.7. The molecule has 84 heavy (non-hydrogen) atoms. The molecule has 1 aromatic carbocycles. The molecule has 0 spiro atoms. The summed E-state index contributed by atoms with van der Waals surface area (Å²) in [6, 6.07) is -0.838. The molecule has 8 amide bonds. The molecule has 0 aromatic heterocycles. The van der Waals surface area contributed by atoms with Crippen molar-refractivity contribution in [2.45, 2.75) is 198 Å². The first-order valence-corrected chi connectivity index (χ1v) is 29.7. The fourth-order valence-electron chi connectivity index (χ4n) is 9.53. The van der Waals surface area contributed by atoms with E-state index in [-0.39, 0.29) is 115 Å². The van der Waals surface area contributed by atoms with E-state index in [0.29, 0.717) is 18.4 Å². The van der Waals surface area contributed by atoms with E-state index in [1.807, 2.05) is 0 Å². The SMILES string of the molecule is CCCCCCC[C@@H](O)CC(=O)C[C@H](CCN)C(=O)N[C@H]1CCNC(=O)[C@H]([C@@H](C)O)CC(=O)[C@H](CCNC(=O)[C@@H](N)CCCN=C(N)N)NC(=O)[C@H](CCN)NC(=O)[C@H](CC(C)C)NC(=O)[C@@H](Cc2ccccc2)NC(=O)[C@H](CCN)NC1=O. The van der Waals surface area contributed by atoms with Gasteiger partial charge in [-0.25, -0.2) is 0 Å². The standard InChI is InChI=1S/C57H99N15O12/c1-5-6-7-8-12-16-38(74)32-39(75)31-37(18-23-58)49(77)68-45-22-28-64-50(78)40(35(4)73)33-48(76)42(21-27-65-51(79)41(61)17-13-26-66-57(62)63)67-52(80)43(19-24-59)70-55(83)46(29-34(2)3)71-56(84)47(30-36-14-10-9-11-15-36)72-53(81)44(20-25-60)69-54(45)82/h9-11,14-15,34-35,37-38,40-47,73-74H,5-8,12-13,16-33,58-61H2,1-4H3,(H,64,78)(H,65,79)(H,67,80)(H,68,77)(H,69,82)(H,70,83)(H,71,84)(H,72,81)(H4,62,63,66)/t35-,37+,38-,40+,41+,42+,43+,44+,45+,46+,47-/m1/s1. The van der Waals surface area contributed by atoms with E-state index < -0.39 is 132 Å². The normalized spacial score (nSPS) is 22.4. The van der Waals surface area contributed by atoms with Gasteiger partial charge in [0.05, 0.1) is 30.2 Å². The Morgan fingerprint density at radius 2 is 1.25 bits per heavy atom. The van der Waals surface area contributed by atoms with Crippen LogP contribution in [0.25, 0.3) is 0 Å². The molecule has 11 atom stereocenters. The number of nitrogens with one attached hydrogen (secondary N) is 8. The van der Waals surface area contributed by atoms with Gasteiger partial charge in [-0.3, -0.25) is 52.9 Å². The molecular weight excluding hydrogens is 1090 g/mol. The Kier molecular flexibility index (Phi) is 35.5. The number of rotatable bonds is 31. The van der Waals surface area contributed by atoms with Crippen molar-refractivity contribution in [3.05, 3.63) is 35.9 Å². The second-order valence-electron chi connectivity index (χ2n) is 22.2. The van der Waals surface area contributed by atoms with Crippen molar-refractivity contribution in [1.82, 2.24) is 42.5 Å². The van der Waals surface area contributed by atoms with Crippen LogP contribution in [0.1, 0.15) is 142 Å². The van der Waals surface area contributed by atoms with E-state index in [2.05, 4.69) is 54.5 Å². The van der Waals surface area contributed by atoms with Crippen LogP contribution in [0, 0.1) is 17.8 Å². The molecule has 0 radical (unpaired) electrons. The highest BCUT2D eigenvalue weighted by Gasteiger charge is 2.37. The molecule has 1 heterocycles. The van der Waals surface area contributed by atoms with Gasteiger partial charge in [0.1, 0.15) is 36.0 Å². The summed E-state index contributed by atoms with van der Waals surface area (Å²) >= 11 is 0. The molecule has 1 aromatic rings. The number of unbranched alkanes of at least 4 members (excludes halogenated alkanes) is 4. The number of aliphatic imine (C=N–C) groups is 1. The number of benzene rings is 1. The lowest BCUT2D eigenvalue weighted by molar-refractivity contribution is -0.136. The van der Waals surface area contributed by atoms with Gasteiger partial charge in [0.2, 0.25) is 47.3 Å².